The van der Waals surface area contributed by atoms with E-state index in [1.807, 2.05) is 25.2 Å². The van der Waals surface area contributed by atoms with Gasteiger partial charge in [0.1, 0.15) is 6.54 Å². The van der Waals surface area contributed by atoms with Crippen LogP contribution >= 0.6 is 0 Å². The summed E-state index contributed by atoms with van der Waals surface area (Å²) in [6.45, 7) is 2.13. The van der Waals surface area contributed by atoms with Crippen LogP contribution in [0.3, 0.4) is 0 Å². The van der Waals surface area contributed by atoms with Gasteiger partial charge >= 0.3 is 0 Å². The summed E-state index contributed by atoms with van der Waals surface area (Å²) in [5.74, 6) is 1.14. The first-order valence-electron chi connectivity index (χ1n) is 8.28. The molecule has 1 atom stereocenters. The summed E-state index contributed by atoms with van der Waals surface area (Å²) in [5.41, 5.74) is 2.13. The molecule has 2 aromatic carbocycles. The van der Waals surface area contributed by atoms with Crippen LogP contribution in [-0.4, -0.2) is 43.6 Å². The van der Waals surface area contributed by atoms with Gasteiger partial charge in [0.15, 0.2) is 11.5 Å². The first-order valence-corrected chi connectivity index (χ1v) is 8.28. The molecule has 0 aromatic heterocycles. The molecule has 2 aromatic rings. The van der Waals surface area contributed by atoms with Crippen LogP contribution in [0.4, 0.5) is 0 Å². The van der Waals surface area contributed by atoms with Gasteiger partial charge in [-0.05, 0) is 30.3 Å². The Kier molecular flexibility index (Phi) is 3.89. The molecule has 1 N–H and O–H groups in total. The van der Waals surface area contributed by atoms with Gasteiger partial charge in [0.2, 0.25) is 6.79 Å². The number of ether oxygens (including phenoxy) is 2. The molecule has 6 nitrogen and oxygen atoms in total. The number of likely N-dealkylation sites (N-methyl/N-ethyl adjacent to an activating group) is 1. The Morgan fingerprint density at radius 3 is 2.40 bits per heavy atom. The van der Waals surface area contributed by atoms with Crippen LogP contribution in [0.15, 0.2) is 42.5 Å². The molecular formula is C19H19N2O4+. The van der Waals surface area contributed by atoms with Crippen LogP contribution in [0.25, 0.3) is 0 Å². The van der Waals surface area contributed by atoms with E-state index >= 15 is 0 Å². The van der Waals surface area contributed by atoms with Crippen molar-refractivity contribution in [3.05, 3.63) is 59.2 Å². The molecular weight excluding hydrogens is 320 g/mol. The Bertz CT molecular complexity index is 814. The van der Waals surface area contributed by atoms with E-state index in [1.54, 1.807) is 24.3 Å². The molecule has 1 unspecified atom stereocenters. The van der Waals surface area contributed by atoms with E-state index in [4.69, 9.17) is 9.47 Å². The number of carbonyl (C=O) groups excluding carboxylic acids is 2. The lowest BCUT2D eigenvalue weighted by Crippen LogP contribution is -3.08. The number of fused-ring (bicyclic) bond motifs is 2. The van der Waals surface area contributed by atoms with E-state index < -0.39 is 0 Å². The van der Waals surface area contributed by atoms with Crippen molar-refractivity contribution in [1.29, 1.82) is 0 Å². The molecule has 2 heterocycles. The number of nitrogens with zero attached hydrogens (tertiary/aromatic N) is 1. The molecule has 0 radical (unpaired) electrons. The second-order valence-corrected chi connectivity index (χ2v) is 6.38. The van der Waals surface area contributed by atoms with E-state index in [-0.39, 0.29) is 18.6 Å². The van der Waals surface area contributed by atoms with Crippen molar-refractivity contribution in [3.8, 4) is 11.5 Å². The van der Waals surface area contributed by atoms with Crippen LogP contribution < -0.4 is 14.4 Å². The number of benzene rings is 2. The summed E-state index contributed by atoms with van der Waals surface area (Å²) in [5, 5.41) is 0. The van der Waals surface area contributed by atoms with Crippen LogP contribution in [0.1, 0.15) is 26.3 Å². The minimum Gasteiger partial charge on any atom is -0.454 e. The maximum atomic E-state index is 12.4. The predicted molar refractivity (Wildman–Crippen MR) is 89.8 cm³/mol. The van der Waals surface area contributed by atoms with Crippen molar-refractivity contribution < 1.29 is 24.0 Å². The third-order valence-corrected chi connectivity index (χ3v) is 4.58. The average Bonchev–Trinajstić information content (AvgIpc) is 3.17. The van der Waals surface area contributed by atoms with Gasteiger partial charge in [0, 0.05) is 5.56 Å². The van der Waals surface area contributed by atoms with Gasteiger partial charge in [0.25, 0.3) is 11.8 Å². The van der Waals surface area contributed by atoms with Gasteiger partial charge in [-0.25, -0.2) is 0 Å². The van der Waals surface area contributed by atoms with Crippen LogP contribution in [-0.2, 0) is 6.54 Å². The minimum absolute atomic E-state index is 0.198. The molecule has 0 spiro atoms. The van der Waals surface area contributed by atoms with Gasteiger partial charge in [0.05, 0.1) is 31.3 Å². The number of imide groups is 1. The van der Waals surface area contributed by atoms with E-state index in [2.05, 4.69) is 0 Å². The van der Waals surface area contributed by atoms with Crippen molar-refractivity contribution in [2.24, 2.45) is 0 Å². The standard InChI is InChI=1S/C19H18N2O4/c1-20(11-13-6-7-16-17(10-13)25-12-24-16)8-9-21-18(22)14-4-2-3-5-15(14)19(21)23/h2-7,10H,8-9,11-12H2,1H3/p+1. The third-order valence-electron chi connectivity index (χ3n) is 4.58. The van der Waals surface area contributed by atoms with Crippen molar-refractivity contribution in [2.75, 3.05) is 26.9 Å². The SMILES string of the molecule is C[NH+](CCN1C(=O)c2ccccc2C1=O)Cc1ccc2c(c1)OCO2. The normalized spacial score (nSPS) is 16.3. The van der Waals surface area contributed by atoms with E-state index in [9.17, 15) is 9.59 Å². The molecule has 2 amide bonds. The minimum atomic E-state index is -0.198. The van der Waals surface area contributed by atoms with Gasteiger partial charge in [-0.15, -0.1) is 0 Å². The van der Waals surface area contributed by atoms with E-state index in [0.29, 0.717) is 24.2 Å². The lowest BCUT2D eigenvalue weighted by Gasteiger charge is -2.18. The molecule has 0 saturated carbocycles. The highest BCUT2D eigenvalue weighted by Gasteiger charge is 2.35. The first kappa shape index (κ1) is 15.7. The molecule has 25 heavy (non-hydrogen) atoms. The Morgan fingerprint density at radius 2 is 1.68 bits per heavy atom. The second-order valence-electron chi connectivity index (χ2n) is 6.38. The fraction of sp³-hybridized carbons (Fsp3) is 0.263. The average molecular weight is 339 g/mol. The molecule has 2 aliphatic rings. The number of carbonyl (C=O) groups is 2. The van der Waals surface area contributed by atoms with Gasteiger partial charge < -0.3 is 14.4 Å². The second kappa shape index (κ2) is 6.22. The van der Waals surface area contributed by atoms with Gasteiger partial charge in [-0.2, -0.15) is 0 Å². The van der Waals surface area contributed by atoms with Crippen molar-refractivity contribution >= 4 is 11.8 Å². The monoisotopic (exact) mass is 339 g/mol. The van der Waals surface area contributed by atoms with E-state index in [0.717, 1.165) is 23.6 Å². The largest absolute Gasteiger partial charge is 0.454 e. The maximum absolute atomic E-state index is 12.4. The number of hydrogen-bond donors (Lipinski definition) is 1. The Morgan fingerprint density at radius 1 is 1.00 bits per heavy atom. The topological polar surface area (TPSA) is 60.3 Å². The Hall–Kier alpha value is -2.86. The van der Waals surface area contributed by atoms with Gasteiger partial charge in [-0.3, -0.25) is 14.5 Å². The van der Waals surface area contributed by atoms with Crippen LogP contribution in [0.5, 0.6) is 11.5 Å². The molecule has 4 rings (SSSR count). The Labute approximate surface area is 145 Å². The first-order chi connectivity index (χ1) is 12.1. The van der Waals surface area contributed by atoms with Crippen molar-refractivity contribution in [2.45, 2.75) is 6.54 Å². The smallest absolute Gasteiger partial charge is 0.261 e. The highest BCUT2D eigenvalue weighted by atomic mass is 16.7. The molecule has 0 bridgehead atoms. The van der Waals surface area contributed by atoms with Crippen molar-refractivity contribution in [1.82, 2.24) is 4.90 Å². The lowest BCUT2D eigenvalue weighted by molar-refractivity contribution is -0.892. The summed E-state index contributed by atoms with van der Waals surface area (Å²) < 4.78 is 10.7. The number of quaternary nitrogens is 1. The maximum Gasteiger partial charge on any atom is 0.261 e. The predicted octanol–water partition coefficient (Wildman–Crippen LogP) is 0.726. The lowest BCUT2D eigenvalue weighted by atomic mass is 10.1. The summed E-state index contributed by atoms with van der Waals surface area (Å²) in [4.78, 5) is 27.3. The van der Waals surface area contributed by atoms with Crippen molar-refractivity contribution in [3.63, 3.8) is 0 Å². The molecule has 0 fully saturated rings. The van der Waals surface area contributed by atoms with Crippen LogP contribution in [0, 0.1) is 0 Å². The molecule has 128 valence electrons. The summed E-state index contributed by atoms with van der Waals surface area (Å²) >= 11 is 0. The summed E-state index contributed by atoms with van der Waals surface area (Å²) in [6.07, 6.45) is 0. The highest BCUT2D eigenvalue weighted by molar-refractivity contribution is 6.21. The number of nitrogens with one attached hydrogen (secondary N) is 1. The molecule has 6 heteroatoms. The number of amides is 2. The fourth-order valence-corrected chi connectivity index (χ4v) is 3.23. The summed E-state index contributed by atoms with van der Waals surface area (Å²) in [7, 11) is 2.04. The quantitative estimate of drug-likeness (QED) is 0.816. The fourth-order valence-electron chi connectivity index (χ4n) is 3.23. The highest BCUT2D eigenvalue weighted by Crippen LogP contribution is 2.32. The number of rotatable bonds is 5. The molecule has 0 aliphatic carbocycles. The van der Waals surface area contributed by atoms with Gasteiger partial charge in [-0.1, -0.05) is 12.1 Å². The molecule has 2 aliphatic heterocycles. The van der Waals surface area contributed by atoms with E-state index in [1.165, 1.54) is 9.80 Å². The third kappa shape index (κ3) is 2.85. The van der Waals surface area contributed by atoms with Crippen LogP contribution in [0.2, 0.25) is 0 Å². The summed E-state index contributed by atoms with van der Waals surface area (Å²) in [6, 6.07) is 12.9. The zero-order valence-corrected chi connectivity index (χ0v) is 14.0. The Balaban J connectivity index is 1.37. The zero-order valence-electron chi connectivity index (χ0n) is 14.0. The number of hydrogen-bond acceptors (Lipinski definition) is 4. The zero-order chi connectivity index (χ0) is 17.4. The molecule has 0 saturated heterocycles.